The van der Waals surface area contributed by atoms with E-state index in [1.54, 1.807) is 41.1 Å². The van der Waals surface area contributed by atoms with E-state index >= 15 is 0 Å². The highest BCUT2D eigenvalue weighted by molar-refractivity contribution is 5.98. The molecular weight excluding hydrogens is 460 g/mol. The molecule has 1 heterocycles. The predicted molar refractivity (Wildman–Crippen MR) is 136 cm³/mol. The van der Waals surface area contributed by atoms with Gasteiger partial charge in [0.25, 0.3) is 5.91 Å². The van der Waals surface area contributed by atoms with E-state index in [-0.39, 0.29) is 43.2 Å². The molecule has 0 radical (unpaired) electrons. The van der Waals surface area contributed by atoms with E-state index in [4.69, 9.17) is 4.74 Å². The van der Waals surface area contributed by atoms with Crippen LogP contribution in [0, 0.1) is 5.92 Å². The molecule has 9 nitrogen and oxygen atoms in total. The van der Waals surface area contributed by atoms with Crippen LogP contribution in [0.2, 0.25) is 0 Å². The molecule has 1 fully saturated rings. The number of amides is 3. The Morgan fingerprint density at radius 2 is 1.89 bits per heavy atom. The maximum atomic E-state index is 12.9. The van der Waals surface area contributed by atoms with Gasteiger partial charge in [-0.3, -0.25) is 24.1 Å². The summed E-state index contributed by atoms with van der Waals surface area (Å²) in [5.41, 5.74) is 1.95. The number of nitrogens with zero attached hydrogens (tertiary/aromatic N) is 2. The van der Waals surface area contributed by atoms with E-state index in [1.807, 2.05) is 44.2 Å². The summed E-state index contributed by atoms with van der Waals surface area (Å²) >= 11 is 0. The number of carbonyl (C=O) groups is 4. The van der Waals surface area contributed by atoms with Gasteiger partial charge in [0.2, 0.25) is 11.8 Å². The molecule has 0 spiro atoms. The lowest BCUT2D eigenvalue weighted by atomic mass is 10.1. The summed E-state index contributed by atoms with van der Waals surface area (Å²) in [5.74, 6) is -1.08. The zero-order valence-electron chi connectivity index (χ0n) is 21.0. The molecule has 1 atom stereocenters. The Bertz CT molecular complexity index is 1070. The molecule has 9 heteroatoms. The number of hydrogen-bond donors (Lipinski definition) is 2. The van der Waals surface area contributed by atoms with Crippen molar-refractivity contribution in [2.75, 3.05) is 38.6 Å². The lowest BCUT2D eigenvalue weighted by Gasteiger charge is -2.33. The topological polar surface area (TPSA) is 108 Å². The SMILES string of the molecule is CC(C)COC(=O)CC1C(=O)NCCN1CC(=O)Nc1cccc(C(=O)N(C)Cc2ccccc2)c1. The lowest BCUT2D eigenvalue weighted by molar-refractivity contribution is -0.149. The van der Waals surface area contributed by atoms with Gasteiger partial charge in [0.1, 0.15) is 6.04 Å². The van der Waals surface area contributed by atoms with Crippen molar-refractivity contribution in [1.82, 2.24) is 15.1 Å². The number of nitrogens with one attached hydrogen (secondary N) is 2. The maximum absolute atomic E-state index is 12.9. The van der Waals surface area contributed by atoms with E-state index in [1.165, 1.54) is 0 Å². The Hall–Kier alpha value is -3.72. The van der Waals surface area contributed by atoms with Gasteiger partial charge in [0.15, 0.2) is 0 Å². The lowest BCUT2D eigenvalue weighted by Crippen LogP contribution is -2.57. The molecule has 2 N–H and O–H groups in total. The molecule has 0 bridgehead atoms. The van der Waals surface area contributed by atoms with Gasteiger partial charge in [-0.05, 0) is 29.7 Å². The molecule has 0 saturated carbocycles. The maximum Gasteiger partial charge on any atom is 0.307 e. The van der Waals surface area contributed by atoms with Gasteiger partial charge in [-0.2, -0.15) is 0 Å². The Morgan fingerprint density at radius 3 is 2.61 bits per heavy atom. The summed E-state index contributed by atoms with van der Waals surface area (Å²) in [4.78, 5) is 53.6. The van der Waals surface area contributed by atoms with Crippen molar-refractivity contribution in [3.8, 4) is 0 Å². The van der Waals surface area contributed by atoms with E-state index in [0.29, 0.717) is 30.9 Å². The fraction of sp³-hybridized carbons (Fsp3) is 0.407. The highest BCUT2D eigenvalue weighted by Crippen LogP contribution is 2.15. The van der Waals surface area contributed by atoms with Crippen molar-refractivity contribution in [2.24, 2.45) is 5.92 Å². The third-order valence-corrected chi connectivity index (χ3v) is 5.73. The molecule has 36 heavy (non-hydrogen) atoms. The van der Waals surface area contributed by atoms with E-state index in [0.717, 1.165) is 5.56 Å². The zero-order chi connectivity index (χ0) is 26.1. The first-order chi connectivity index (χ1) is 17.2. The molecule has 1 saturated heterocycles. The number of anilines is 1. The summed E-state index contributed by atoms with van der Waals surface area (Å²) in [6, 6.07) is 15.7. The number of benzene rings is 2. The monoisotopic (exact) mass is 494 g/mol. The van der Waals surface area contributed by atoms with E-state index in [9.17, 15) is 19.2 Å². The van der Waals surface area contributed by atoms with Crippen molar-refractivity contribution in [3.63, 3.8) is 0 Å². The Balaban J connectivity index is 1.59. The molecule has 1 unspecified atom stereocenters. The van der Waals surface area contributed by atoms with Gasteiger partial charge in [-0.1, -0.05) is 50.2 Å². The molecule has 0 aliphatic carbocycles. The highest BCUT2D eigenvalue weighted by Gasteiger charge is 2.33. The second kappa shape index (κ2) is 12.8. The average molecular weight is 495 g/mol. The molecule has 3 rings (SSSR count). The minimum atomic E-state index is -0.774. The molecule has 3 amide bonds. The van der Waals surface area contributed by atoms with Crippen molar-refractivity contribution < 1.29 is 23.9 Å². The van der Waals surface area contributed by atoms with Gasteiger partial charge in [-0.25, -0.2) is 0 Å². The van der Waals surface area contributed by atoms with Gasteiger partial charge >= 0.3 is 5.97 Å². The Labute approximate surface area is 211 Å². The van der Waals surface area contributed by atoms with E-state index < -0.39 is 12.0 Å². The number of rotatable bonds is 10. The highest BCUT2D eigenvalue weighted by atomic mass is 16.5. The van der Waals surface area contributed by atoms with Crippen LogP contribution in [0.15, 0.2) is 54.6 Å². The van der Waals surface area contributed by atoms with Crippen LogP contribution in [-0.4, -0.2) is 72.8 Å². The largest absolute Gasteiger partial charge is 0.465 e. The summed E-state index contributed by atoms with van der Waals surface area (Å²) in [7, 11) is 1.73. The number of hydrogen-bond acceptors (Lipinski definition) is 6. The second-order valence-electron chi connectivity index (χ2n) is 9.33. The molecular formula is C27H34N4O5. The van der Waals surface area contributed by atoms with Crippen molar-refractivity contribution >= 4 is 29.4 Å². The van der Waals surface area contributed by atoms with Gasteiger partial charge in [0, 0.05) is 37.9 Å². The van der Waals surface area contributed by atoms with Crippen LogP contribution >= 0.6 is 0 Å². The van der Waals surface area contributed by atoms with Crippen LogP contribution in [0.1, 0.15) is 36.2 Å². The van der Waals surface area contributed by atoms with Crippen LogP contribution in [-0.2, 0) is 25.7 Å². The number of esters is 1. The molecule has 0 aromatic heterocycles. The quantitative estimate of drug-likeness (QED) is 0.491. The first-order valence-electron chi connectivity index (χ1n) is 12.1. The first-order valence-corrected chi connectivity index (χ1v) is 12.1. The number of carbonyl (C=O) groups excluding carboxylic acids is 4. The normalized spacial score (nSPS) is 15.8. The Kier molecular flexibility index (Phi) is 9.58. The minimum absolute atomic E-state index is 0.0678. The average Bonchev–Trinajstić information content (AvgIpc) is 2.85. The predicted octanol–water partition coefficient (Wildman–Crippen LogP) is 2.29. The molecule has 1 aliphatic heterocycles. The fourth-order valence-corrected chi connectivity index (χ4v) is 3.91. The van der Waals surface area contributed by atoms with Crippen molar-refractivity contribution in [2.45, 2.75) is 32.9 Å². The minimum Gasteiger partial charge on any atom is -0.465 e. The smallest absolute Gasteiger partial charge is 0.307 e. The van der Waals surface area contributed by atoms with Crippen LogP contribution < -0.4 is 10.6 Å². The summed E-state index contributed by atoms with van der Waals surface area (Å²) in [6.07, 6.45) is -0.121. The van der Waals surface area contributed by atoms with Gasteiger partial charge < -0.3 is 20.3 Å². The molecule has 2 aromatic carbocycles. The fourth-order valence-electron chi connectivity index (χ4n) is 3.91. The summed E-state index contributed by atoms with van der Waals surface area (Å²) in [6.45, 7) is 5.37. The zero-order valence-corrected chi connectivity index (χ0v) is 21.0. The van der Waals surface area contributed by atoms with Gasteiger partial charge in [0.05, 0.1) is 19.6 Å². The van der Waals surface area contributed by atoms with Crippen molar-refractivity contribution in [1.29, 1.82) is 0 Å². The number of piperazine rings is 1. The number of ether oxygens (including phenoxy) is 1. The van der Waals surface area contributed by atoms with E-state index in [2.05, 4.69) is 10.6 Å². The first kappa shape index (κ1) is 26.9. The van der Waals surface area contributed by atoms with Crippen LogP contribution in [0.5, 0.6) is 0 Å². The molecule has 2 aromatic rings. The molecule has 192 valence electrons. The third kappa shape index (κ3) is 7.91. The van der Waals surface area contributed by atoms with Crippen LogP contribution in [0.4, 0.5) is 5.69 Å². The van der Waals surface area contributed by atoms with Crippen LogP contribution in [0.3, 0.4) is 0 Å². The summed E-state index contributed by atoms with van der Waals surface area (Å²) < 4.78 is 5.21. The molecule has 1 aliphatic rings. The summed E-state index contributed by atoms with van der Waals surface area (Å²) in [5, 5.41) is 5.54. The Morgan fingerprint density at radius 1 is 1.14 bits per heavy atom. The van der Waals surface area contributed by atoms with Crippen LogP contribution in [0.25, 0.3) is 0 Å². The second-order valence-corrected chi connectivity index (χ2v) is 9.33. The van der Waals surface area contributed by atoms with Crippen molar-refractivity contribution in [3.05, 3.63) is 65.7 Å². The standard InChI is InChI=1S/C27H34N4O5/c1-19(2)18-36-25(33)15-23-26(34)28-12-13-31(23)17-24(32)29-22-11-7-10-21(14-22)27(35)30(3)16-20-8-5-4-6-9-20/h4-11,14,19,23H,12-13,15-18H2,1-3H3,(H,28,34)(H,29,32). The third-order valence-electron chi connectivity index (χ3n) is 5.73. The van der Waals surface area contributed by atoms with Gasteiger partial charge in [-0.15, -0.1) is 0 Å².